The topological polar surface area (TPSA) is 16.1 Å². The number of pyridine rings is 1. The van der Waals surface area contributed by atoms with Gasteiger partial charge < -0.3 is 0 Å². The highest BCUT2D eigenvalue weighted by Crippen LogP contribution is 2.38. The molecule has 2 heteroatoms. The lowest BCUT2D eigenvalue weighted by Gasteiger charge is -2.32. The van der Waals surface area contributed by atoms with E-state index in [2.05, 4.69) is 29.8 Å². The van der Waals surface area contributed by atoms with Gasteiger partial charge in [-0.3, -0.25) is 9.88 Å². The molecule has 0 aliphatic carbocycles. The largest absolute Gasteiger partial charge is 0.294 e. The van der Waals surface area contributed by atoms with E-state index in [-0.39, 0.29) is 0 Å². The van der Waals surface area contributed by atoms with Crippen molar-refractivity contribution in [3.8, 4) is 0 Å². The number of fused-ring (bicyclic) bond motifs is 3. The zero-order valence-electron chi connectivity index (χ0n) is 10.2. The SMILES string of the molecule is CC(C)c1ccnc2c1CCN1CCCC21. The molecule has 0 bridgehead atoms. The molecule has 2 aliphatic rings. The van der Waals surface area contributed by atoms with Gasteiger partial charge in [0, 0.05) is 12.7 Å². The lowest BCUT2D eigenvalue weighted by Crippen LogP contribution is -2.32. The van der Waals surface area contributed by atoms with Crippen LogP contribution in [0, 0.1) is 0 Å². The minimum atomic E-state index is 0.627. The van der Waals surface area contributed by atoms with E-state index in [1.807, 2.05) is 6.20 Å². The van der Waals surface area contributed by atoms with Crippen molar-refractivity contribution in [2.75, 3.05) is 13.1 Å². The minimum Gasteiger partial charge on any atom is -0.294 e. The fraction of sp³-hybridized carbons (Fsp3) is 0.643. The van der Waals surface area contributed by atoms with Crippen LogP contribution in [-0.4, -0.2) is 23.0 Å². The number of aromatic nitrogens is 1. The lowest BCUT2D eigenvalue weighted by molar-refractivity contribution is 0.238. The van der Waals surface area contributed by atoms with E-state index in [4.69, 9.17) is 0 Å². The maximum atomic E-state index is 4.66. The second-order valence-electron chi connectivity index (χ2n) is 5.36. The zero-order chi connectivity index (χ0) is 11.1. The third-order valence-corrected chi connectivity index (χ3v) is 4.08. The van der Waals surface area contributed by atoms with Gasteiger partial charge in [-0.25, -0.2) is 0 Å². The van der Waals surface area contributed by atoms with Crippen molar-refractivity contribution in [1.29, 1.82) is 0 Å². The second-order valence-corrected chi connectivity index (χ2v) is 5.36. The zero-order valence-corrected chi connectivity index (χ0v) is 10.2. The number of rotatable bonds is 1. The maximum absolute atomic E-state index is 4.66. The Morgan fingerprint density at radius 2 is 2.25 bits per heavy atom. The maximum Gasteiger partial charge on any atom is 0.0610 e. The third kappa shape index (κ3) is 1.47. The highest BCUT2D eigenvalue weighted by atomic mass is 15.2. The summed E-state index contributed by atoms with van der Waals surface area (Å²) in [6.45, 7) is 7.09. The van der Waals surface area contributed by atoms with Crippen molar-refractivity contribution < 1.29 is 0 Å². The van der Waals surface area contributed by atoms with Gasteiger partial charge in [-0.2, -0.15) is 0 Å². The molecule has 1 fully saturated rings. The summed E-state index contributed by atoms with van der Waals surface area (Å²) in [7, 11) is 0. The molecule has 1 aromatic heterocycles. The van der Waals surface area contributed by atoms with Crippen LogP contribution in [0.5, 0.6) is 0 Å². The molecule has 0 saturated carbocycles. The lowest BCUT2D eigenvalue weighted by atomic mass is 9.89. The molecule has 0 spiro atoms. The highest BCUT2D eigenvalue weighted by molar-refractivity contribution is 5.36. The number of hydrogen-bond donors (Lipinski definition) is 0. The van der Waals surface area contributed by atoms with E-state index in [1.165, 1.54) is 43.6 Å². The van der Waals surface area contributed by atoms with Crippen LogP contribution in [0.1, 0.15) is 55.5 Å². The van der Waals surface area contributed by atoms with E-state index < -0.39 is 0 Å². The van der Waals surface area contributed by atoms with Crippen LogP contribution in [-0.2, 0) is 6.42 Å². The molecular formula is C14H20N2. The van der Waals surface area contributed by atoms with Gasteiger partial charge in [-0.05, 0) is 48.9 Å². The Morgan fingerprint density at radius 3 is 3.06 bits per heavy atom. The summed E-state index contributed by atoms with van der Waals surface area (Å²) in [4.78, 5) is 7.27. The molecule has 0 N–H and O–H groups in total. The molecule has 1 atom stereocenters. The molecule has 0 radical (unpaired) electrons. The molecule has 1 aromatic rings. The van der Waals surface area contributed by atoms with Crippen molar-refractivity contribution >= 4 is 0 Å². The first-order valence-corrected chi connectivity index (χ1v) is 6.49. The van der Waals surface area contributed by atoms with Crippen molar-refractivity contribution in [1.82, 2.24) is 9.88 Å². The van der Waals surface area contributed by atoms with Crippen molar-refractivity contribution in [2.45, 2.75) is 45.1 Å². The van der Waals surface area contributed by atoms with Gasteiger partial charge in [0.2, 0.25) is 0 Å². The molecule has 3 rings (SSSR count). The van der Waals surface area contributed by atoms with E-state index >= 15 is 0 Å². The quantitative estimate of drug-likeness (QED) is 0.717. The van der Waals surface area contributed by atoms with Crippen LogP contribution in [0.15, 0.2) is 12.3 Å². The van der Waals surface area contributed by atoms with Crippen molar-refractivity contribution in [3.05, 3.63) is 29.1 Å². The average molecular weight is 216 g/mol. The van der Waals surface area contributed by atoms with E-state index in [9.17, 15) is 0 Å². The first-order valence-electron chi connectivity index (χ1n) is 6.49. The fourth-order valence-electron chi connectivity index (χ4n) is 3.28. The van der Waals surface area contributed by atoms with Crippen LogP contribution >= 0.6 is 0 Å². The third-order valence-electron chi connectivity index (χ3n) is 4.08. The summed E-state index contributed by atoms with van der Waals surface area (Å²) in [5, 5.41) is 0. The molecule has 1 unspecified atom stereocenters. The fourth-order valence-corrected chi connectivity index (χ4v) is 3.28. The number of hydrogen-bond acceptors (Lipinski definition) is 2. The highest BCUT2D eigenvalue weighted by Gasteiger charge is 2.33. The van der Waals surface area contributed by atoms with E-state index in [0.29, 0.717) is 12.0 Å². The molecule has 0 aromatic carbocycles. The normalized spacial score (nSPS) is 24.6. The van der Waals surface area contributed by atoms with Gasteiger partial charge in [-0.15, -0.1) is 0 Å². The standard InChI is InChI=1S/C14H20N2/c1-10(2)11-5-7-15-14-12(11)6-9-16-8-3-4-13(14)16/h5,7,10,13H,3-4,6,8-9H2,1-2H3. The average Bonchev–Trinajstić information content (AvgIpc) is 2.76. The Hall–Kier alpha value is -0.890. The Labute approximate surface area is 97.7 Å². The molecule has 0 amide bonds. The summed E-state index contributed by atoms with van der Waals surface area (Å²) in [6, 6.07) is 2.84. The number of nitrogens with zero attached hydrogens (tertiary/aromatic N) is 2. The molecule has 2 nitrogen and oxygen atoms in total. The van der Waals surface area contributed by atoms with Crippen LogP contribution in [0.3, 0.4) is 0 Å². The molecule has 16 heavy (non-hydrogen) atoms. The predicted molar refractivity (Wildman–Crippen MR) is 65.6 cm³/mol. The summed E-state index contributed by atoms with van der Waals surface area (Å²) in [5.41, 5.74) is 4.46. The summed E-state index contributed by atoms with van der Waals surface area (Å²) in [6.07, 6.45) is 5.86. The van der Waals surface area contributed by atoms with Crippen LogP contribution in [0.2, 0.25) is 0 Å². The van der Waals surface area contributed by atoms with Gasteiger partial charge >= 0.3 is 0 Å². The van der Waals surface area contributed by atoms with Gasteiger partial charge in [0.05, 0.1) is 11.7 Å². The Morgan fingerprint density at radius 1 is 1.38 bits per heavy atom. The summed E-state index contributed by atoms with van der Waals surface area (Å²) >= 11 is 0. The van der Waals surface area contributed by atoms with Gasteiger partial charge in [0.15, 0.2) is 0 Å². The Bertz CT molecular complexity index is 398. The Kier molecular flexibility index (Phi) is 2.47. The van der Waals surface area contributed by atoms with Crippen molar-refractivity contribution in [3.63, 3.8) is 0 Å². The van der Waals surface area contributed by atoms with Gasteiger partial charge in [0.1, 0.15) is 0 Å². The van der Waals surface area contributed by atoms with Crippen LogP contribution < -0.4 is 0 Å². The van der Waals surface area contributed by atoms with Gasteiger partial charge in [-0.1, -0.05) is 13.8 Å². The first kappa shape index (κ1) is 10.3. The van der Waals surface area contributed by atoms with Crippen LogP contribution in [0.4, 0.5) is 0 Å². The smallest absolute Gasteiger partial charge is 0.0610 e. The first-order chi connectivity index (χ1) is 7.77. The van der Waals surface area contributed by atoms with Crippen molar-refractivity contribution in [2.24, 2.45) is 0 Å². The monoisotopic (exact) mass is 216 g/mol. The van der Waals surface area contributed by atoms with Crippen LogP contribution in [0.25, 0.3) is 0 Å². The molecule has 2 aliphatic heterocycles. The van der Waals surface area contributed by atoms with E-state index in [1.54, 1.807) is 5.56 Å². The molecule has 1 saturated heterocycles. The molecule has 3 heterocycles. The Balaban J connectivity index is 2.07. The van der Waals surface area contributed by atoms with E-state index in [0.717, 1.165) is 0 Å². The minimum absolute atomic E-state index is 0.627. The molecule has 86 valence electrons. The predicted octanol–water partition coefficient (Wildman–Crippen LogP) is 2.90. The van der Waals surface area contributed by atoms with Gasteiger partial charge in [0.25, 0.3) is 0 Å². The summed E-state index contributed by atoms with van der Waals surface area (Å²) < 4.78 is 0. The summed E-state index contributed by atoms with van der Waals surface area (Å²) in [5.74, 6) is 0.629. The molecular weight excluding hydrogens is 196 g/mol. The second kappa shape index (κ2) is 3.85.